The predicted octanol–water partition coefficient (Wildman–Crippen LogP) is 7.86. The Morgan fingerprint density at radius 2 is 1.29 bits per heavy atom. The third kappa shape index (κ3) is 3.97. The molecule has 0 fully saturated rings. The summed E-state index contributed by atoms with van der Waals surface area (Å²) in [4.78, 5) is 7.91. The van der Waals surface area contributed by atoms with Crippen LogP contribution in [0.5, 0.6) is 5.88 Å². The first-order valence-corrected chi connectivity index (χ1v) is 15.5. The van der Waals surface area contributed by atoms with Gasteiger partial charge in [-0.2, -0.15) is 0 Å². The number of aliphatic imine (C=N–C) groups is 1. The summed E-state index contributed by atoms with van der Waals surface area (Å²) in [7, 11) is 0. The van der Waals surface area contributed by atoms with Gasteiger partial charge in [0.2, 0.25) is 0 Å². The first-order valence-electron chi connectivity index (χ1n) is 9.21. The highest BCUT2D eigenvalue weighted by Gasteiger charge is 2.15. The zero-order valence-corrected chi connectivity index (χ0v) is 22.1. The van der Waals surface area contributed by atoms with Crippen LogP contribution in [0.3, 0.4) is 0 Å². The van der Waals surface area contributed by atoms with Crippen molar-refractivity contribution in [2.24, 2.45) is 4.99 Å². The van der Waals surface area contributed by atoms with Crippen LogP contribution in [0, 0.1) is 55.4 Å². The van der Waals surface area contributed by atoms with Crippen LogP contribution in [0.4, 0.5) is 5.69 Å². The Bertz CT molecular complexity index is 1050. The molecule has 2 N–H and O–H groups in total. The summed E-state index contributed by atoms with van der Waals surface area (Å²) >= 11 is 4.24. The number of hydrogen-bond donors (Lipinski definition) is 2. The van der Waals surface area contributed by atoms with Gasteiger partial charge >= 0.3 is 0 Å². The molecule has 0 saturated heterocycles. The maximum absolute atomic E-state index is 10.5. The molecule has 0 saturated carbocycles. The molecule has 3 rings (SSSR count). The smallest absolute Gasteiger partial charge is 0.198 e. The molecule has 0 amide bonds. The summed E-state index contributed by atoms with van der Waals surface area (Å²) in [5.74, 6) is 0.174. The molecule has 3 nitrogen and oxygen atoms in total. The van der Waals surface area contributed by atoms with Gasteiger partial charge in [-0.1, -0.05) is 0 Å². The molecule has 5 heteroatoms. The monoisotopic (exact) mass is 602 g/mol. The summed E-state index contributed by atoms with van der Waals surface area (Å²) < 4.78 is 0. The van der Waals surface area contributed by atoms with E-state index >= 15 is 0 Å². The fourth-order valence-corrected chi connectivity index (χ4v) is 3.77. The van der Waals surface area contributed by atoms with E-state index in [4.69, 9.17) is 4.99 Å². The van der Waals surface area contributed by atoms with Gasteiger partial charge in [0.1, 0.15) is 0 Å². The number of rotatable bonds is 2. The van der Waals surface area contributed by atoms with E-state index in [1.807, 2.05) is 0 Å². The zero-order valence-electron chi connectivity index (χ0n) is 17.8. The summed E-state index contributed by atoms with van der Waals surface area (Å²) in [5.41, 5.74) is 12.7. The van der Waals surface area contributed by atoms with Gasteiger partial charge in [0.05, 0.1) is 11.3 Å². The van der Waals surface area contributed by atoms with Gasteiger partial charge in [-0.3, -0.25) is 4.99 Å². The minimum atomic E-state index is 0.174. The first kappa shape index (κ1) is 23.2. The van der Waals surface area contributed by atoms with Crippen LogP contribution >= 0.6 is 37.2 Å². The zero-order chi connectivity index (χ0) is 21.3. The lowest BCUT2D eigenvalue weighted by Gasteiger charge is -2.15. The van der Waals surface area contributed by atoms with E-state index in [0.29, 0.717) is 0 Å². The quantitative estimate of drug-likeness (QED) is 0.228. The highest BCUT2D eigenvalue weighted by molar-refractivity contribution is 15.0. The third-order valence-corrected chi connectivity index (χ3v) is 6.22. The maximum atomic E-state index is 10.5. The largest absolute Gasteiger partial charge is 0.494 e. The van der Waals surface area contributed by atoms with Crippen LogP contribution in [0.15, 0.2) is 11.1 Å². The van der Waals surface area contributed by atoms with E-state index in [9.17, 15) is 5.11 Å². The lowest BCUT2D eigenvalue weighted by Crippen LogP contribution is -1.96. The standard InChI is InChI=1S/C23H28N2O.I2/c1-11-9-20-21(16(6)12(11)2)19(23(26)25-20)10-24-22-17(7)14(4)13(3)15(5)18(22)8;1-2/h9-10,25-26H,1-8H3;. The van der Waals surface area contributed by atoms with Crippen molar-refractivity contribution < 1.29 is 5.11 Å². The Kier molecular flexibility index (Phi) is 7.58. The van der Waals surface area contributed by atoms with Crippen LogP contribution in [-0.2, 0) is 0 Å². The van der Waals surface area contributed by atoms with Crippen molar-refractivity contribution in [3.05, 3.63) is 56.1 Å². The van der Waals surface area contributed by atoms with Gasteiger partial charge in [-0.25, -0.2) is 0 Å². The van der Waals surface area contributed by atoms with Crippen molar-refractivity contribution in [2.75, 3.05) is 0 Å². The van der Waals surface area contributed by atoms with Crippen LogP contribution in [0.25, 0.3) is 10.9 Å². The summed E-state index contributed by atoms with van der Waals surface area (Å²) in [6, 6.07) is 2.09. The van der Waals surface area contributed by atoms with Crippen LogP contribution < -0.4 is 0 Å². The molecule has 0 spiro atoms. The van der Waals surface area contributed by atoms with Gasteiger partial charge in [0, 0.05) is 54.3 Å². The van der Waals surface area contributed by atoms with Crippen LogP contribution in [-0.4, -0.2) is 16.3 Å². The highest BCUT2D eigenvalue weighted by atomic mass is 128. The Labute approximate surface area is 191 Å². The lowest BCUT2D eigenvalue weighted by atomic mass is 9.93. The molecule has 28 heavy (non-hydrogen) atoms. The second-order valence-corrected chi connectivity index (χ2v) is 7.49. The van der Waals surface area contributed by atoms with E-state index in [1.54, 1.807) is 6.21 Å². The van der Waals surface area contributed by atoms with E-state index in [1.165, 1.54) is 44.5 Å². The number of aromatic nitrogens is 1. The SMILES string of the molecule is Cc1cc2[nH]c(O)c(C=Nc3c(C)c(C)c(C)c(C)c3C)c2c(C)c1C.II. The number of nitrogens with zero attached hydrogens (tertiary/aromatic N) is 1. The second kappa shape index (κ2) is 9.15. The van der Waals surface area contributed by atoms with Gasteiger partial charge in [0.15, 0.2) is 5.88 Å². The topological polar surface area (TPSA) is 48.4 Å². The molecule has 1 heterocycles. The summed E-state index contributed by atoms with van der Waals surface area (Å²) in [6.45, 7) is 17.0. The Morgan fingerprint density at radius 3 is 1.82 bits per heavy atom. The maximum Gasteiger partial charge on any atom is 0.198 e. The van der Waals surface area contributed by atoms with E-state index < -0.39 is 0 Å². The number of H-pyrrole nitrogens is 1. The van der Waals surface area contributed by atoms with E-state index in [-0.39, 0.29) is 5.88 Å². The predicted molar refractivity (Wildman–Crippen MR) is 140 cm³/mol. The average molecular weight is 602 g/mol. The van der Waals surface area contributed by atoms with Crippen molar-refractivity contribution >= 4 is 60.0 Å². The summed E-state index contributed by atoms with van der Waals surface area (Å²) in [5, 5.41) is 11.5. The van der Waals surface area contributed by atoms with Crippen molar-refractivity contribution in [2.45, 2.75) is 55.4 Å². The second-order valence-electron chi connectivity index (χ2n) is 7.49. The minimum absolute atomic E-state index is 0.174. The van der Waals surface area contributed by atoms with Gasteiger partial charge in [-0.05, 0) is 106 Å². The van der Waals surface area contributed by atoms with Crippen molar-refractivity contribution in [1.29, 1.82) is 0 Å². The van der Waals surface area contributed by atoms with E-state index in [0.717, 1.165) is 22.2 Å². The molecule has 2 aromatic carbocycles. The highest BCUT2D eigenvalue weighted by Crippen LogP contribution is 2.35. The molecule has 0 aliphatic heterocycles. The van der Waals surface area contributed by atoms with Crippen molar-refractivity contribution in [3.8, 4) is 5.88 Å². The summed E-state index contributed by atoms with van der Waals surface area (Å²) in [6.07, 6.45) is 1.81. The molecule has 0 atom stereocenters. The molecule has 1 aromatic heterocycles. The number of benzene rings is 2. The number of aromatic amines is 1. The van der Waals surface area contributed by atoms with Gasteiger partial charge < -0.3 is 10.1 Å². The normalized spacial score (nSPS) is 11.2. The third-order valence-electron chi connectivity index (χ3n) is 6.22. The Morgan fingerprint density at radius 1 is 0.786 bits per heavy atom. The molecular weight excluding hydrogens is 574 g/mol. The fraction of sp³-hybridized carbons (Fsp3) is 0.348. The van der Waals surface area contributed by atoms with Crippen molar-refractivity contribution in [1.82, 2.24) is 4.98 Å². The number of aryl methyl sites for hydroxylation is 2. The number of fused-ring (bicyclic) bond motifs is 1. The van der Waals surface area contributed by atoms with Crippen molar-refractivity contribution in [3.63, 3.8) is 0 Å². The van der Waals surface area contributed by atoms with Gasteiger partial charge in [-0.15, -0.1) is 0 Å². The van der Waals surface area contributed by atoms with Crippen LogP contribution in [0.1, 0.15) is 50.1 Å². The van der Waals surface area contributed by atoms with Gasteiger partial charge in [0.25, 0.3) is 0 Å². The first-order chi connectivity index (χ1) is 13.1. The lowest BCUT2D eigenvalue weighted by molar-refractivity contribution is 0.457. The van der Waals surface area contributed by atoms with E-state index in [2.05, 4.69) is 104 Å². The molecule has 150 valence electrons. The number of nitrogens with one attached hydrogen (secondary N) is 1. The molecule has 0 unspecified atom stereocenters. The average Bonchev–Trinajstić information content (AvgIpc) is 2.99. The van der Waals surface area contributed by atoms with Crippen LogP contribution in [0.2, 0.25) is 0 Å². The number of aromatic hydroxyl groups is 1. The molecule has 0 aliphatic rings. The number of hydrogen-bond acceptors (Lipinski definition) is 2. The molecule has 0 aliphatic carbocycles. The molecule has 0 bridgehead atoms. The molecule has 3 aromatic rings. The fourth-order valence-electron chi connectivity index (χ4n) is 3.77. The Hall–Kier alpha value is -1.09. The molecule has 0 radical (unpaired) electrons. The molecular formula is C23H28I2N2O. The minimum Gasteiger partial charge on any atom is -0.494 e. The Balaban J connectivity index is 0.00000136. The number of halogens is 2.